The number of carbonyl (C=O) groups excluding carboxylic acids is 2. The molecule has 1 atom stereocenters. The lowest BCUT2D eigenvalue weighted by molar-refractivity contribution is -0.131. The number of aliphatic hydroxyl groups is 1. The lowest BCUT2D eigenvalue weighted by Crippen LogP contribution is -2.49. The summed E-state index contributed by atoms with van der Waals surface area (Å²) in [5.74, 6) is -1.52. The highest BCUT2D eigenvalue weighted by atomic mass is 32.2. The van der Waals surface area contributed by atoms with E-state index in [0.717, 1.165) is 12.1 Å². The van der Waals surface area contributed by atoms with Gasteiger partial charge in [0.2, 0.25) is 21.8 Å². The fourth-order valence-corrected chi connectivity index (χ4v) is 4.42. The van der Waals surface area contributed by atoms with E-state index in [1.807, 2.05) is 0 Å². The molecule has 1 unspecified atom stereocenters. The average Bonchev–Trinajstić information content (AvgIpc) is 2.68. The quantitative estimate of drug-likeness (QED) is 0.526. The van der Waals surface area contributed by atoms with Crippen molar-refractivity contribution in [3.8, 4) is 0 Å². The number of benzene rings is 1. The van der Waals surface area contributed by atoms with Gasteiger partial charge in [0.15, 0.2) is 0 Å². The molecule has 0 spiro atoms. The van der Waals surface area contributed by atoms with E-state index in [4.69, 9.17) is 5.11 Å². The second kappa shape index (κ2) is 9.94. The zero-order valence-corrected chi connectivity index (χ0v) is 16.5. The lowest BCUT2D eigenvalue weighted by atomic mass is 9.97. The van der Waals surface area contributed by atoms with Crippen molar-refractivity contribution in [2.24, 2.45) is 5.92 Å². The van der Waals surface area contributed by atoms with Gasteiger partial charge in [-0.05, 0) is 50.5 Å². The van der Waals surface area contributed by atoms with E-state index in [2.05, 4.69) is 10.6 Å². The van der Waals surface area contributed by atoms with E-state index < -0.39 is 21.9 Å². The third kappa shape index (κ3) is 5.73. The normalized spacial score (nSPS) is 17.1. The van der Waals surface area contributed by atoms with Crippen molar-refractivity contribution in [2.75, 3.05) is 26.2 Å². The number of hydrogen-bond acceptors (Lipinski definition) is 5. The molecular weight excluding hydrogens is 389 g/mol. The van der Waals surface area contributed by atoms with Crippen LogP contribution in [0.5, 0.6) is 0 Å². The standard InChI is InChI=1S/C18H26FN3O5S/c1-13(17(24)20-9-2-12-23)21-18(25)14-7-10-22(11-8-14)28(26,27)16-5-3-15(19)4-6-16/h3-6,13-14,23H,2,7-12H2,1H3,(H,20,24)(H,21,25). The highest BCUT2D eigenvalue weighted by molar-refractivity contribution is 7.89. The molecule has 28 heavy (non-hydrogen) atoms. The number of nitrogens with zero attached hydrogens (tertiary/aromatic N) is 1. The van der Waals surface area contributed by atoms with Crippen molar-refractivity contribution in [1.29, 1.82) is 0 Å². The highest BCUT2D eigenvalue weighted by Gasteiger charge is 2.32. The molecule has 2 rings (SSSR count). The maximum atomic E-state index is 13.0. The van der Waals surface area contributed by atoms with Gasteiger partial charge in [-0.25, -0.2) is 12.8 Å². The van der Waals surface area contributed by atoms with Gasteiger partial charge >= 0.3 is 0 Å². The van der Waals surface area contributed by atoms with Gasteiger partial charge in [0.25, 0.3) is 0 Å². The van der Waals surface area contributed by atoms with E-state index in [-0.39, 0.29) is 42.3 Å². The summed E-state index contributed by atoms with van der Waals surface area (Å²) >= 11 is 0. The molecule has 0 saturated carbocycles. The Hall–Kier alpha value is -2.04. The van der Waals surface area contributed by atoms with Crippen LogP contribution in [0.2, 0.25) is 0 Å². The van der Waals surface area contributed by atoms with Crippen molar-refractivity contribution in [3.05, 3.63) is 30.1 Å². The van der Waals surface area contributed by atoms with Crippen LogP contribution in [-0.2, 0) is 19.6 Å². The Morgan fingerprint density at radius 2 is 1.86 bits per heavy atom. The minimum absolute atomic E-state index is 0.0185. The van der Waals surface area contributed by atoms with Crippen LogP contribution in [0, 0.1) is 11.7 Å². The molecule has 0 radical (unpaired) electrons. The van der Waals surface area contributed by atoms with Crippen LogP contribution >= 0.6 is 0 Å². The van der Waals surface area contributed by atoms with Gasteiger partial charge in [-0.1, -0.05) is 0 Å². The first kappa shape index (κ1) is 22.3. The van der Waals surface area contributed by atoms with E-state index in [0.29, 0.717) is 25.8 Å². The van der Waals surface area contributed by atoms with E-state index in [1.54, 1.807) is 6.92 Å². The molecule has 1 aromatic rings. The van der Waals surface area contributed by atoms with Gasteiger partial charge in [0, 0.05) is 32.2 Å². The number of halogens is 1. The number of carbonyl (C=O) groups is 2. The van der Waals surface area contributed by atoms with E-state index >= 15 is 0 Å². The Balaban J connectivity index is 1.86. The van der Waals surface area contributed by atoms with Gasteiger partial charge in [0.1, 0.15) is 11.9 Å². The molecule has 2 amide bonds. The van der Waals surface area contributed by atoms with E-state index in [1.165, 1.54) is 16.4 Å². The van der Waals surface area contributed by atoms with Crippen LogP contribution in [0.25, 0.3) is 0 Å². The summed E-state index contributed by atoms with van der Waals surface area (Å²) in [5.41, 5.74) is 0. The molecule has 1 fully saturated rings. The lowest BCUT2D eigenvalue weighted by Gasteiger charge is -2.31. The third-order valence-electron chi connectivity index (χ3n) is 4.66. The molecule has 1 heterocycles. The van der Waals surface area contributed by atoms with Gasteiger partial charge in [-0.2, -0.15) is 4.31 Å². The number of hydrogen-bond donors (Lipinski definition) is 3. The highest BCUT2D eigenvalue weighted by Crippen LogP contribution is 2.24. The SMILES string of the molecule is CC(NC(=O)C1CCN(S(=O)(=O)c2ccc(F)cc2)CC1)C(=O)NCCCO. The Labute approximate surface area is 164 Å². The Morgan fingerprint density at radius 3 is 2.43 bits per heavy atom. The summed E-state index contributed by atoms with van der Waals surface area (Å²) in [7, 11) is -3.73. The van der Waals surface area contributed by atoms with Crippen LogP contribution in [-0.4, -0.2) is 61.9 Å². The van der Waals surface area contributed by atoms with Gasteiger partial charge in [-0.3, -0.25) is 9.59 Å². The van der Waals surface area contributed by atoms with Crippen LogP contribution in [0.15, 0.2) is 29.2 Å². The predicted octanol–water partition coefficient (Wildman–Crippen LogP) is 0.230. The summed E-state index contributed by atoms with van der Waals surface area (Å²) in [6.07, 6.45) is 1.11. The summed E-state index contributed by atoms with van der Waals surface area (Å²) < 4.78 is 39.5. The summed E-state index contributed by atoms with van der Waals surface area (Å²) in [6, 6.07) is 3.92. The van der Waals surface area contributed by atoms with Crippen molar-refractivity contribution >= 4 is 21.8 Å². The van der Waals surface area contributed by atoms with Crippen molar-refractivity contribution < 1.29 is 27.5 Å². The molecule has 1 aliphatic heterocycles. The van der Waals surface area contributed by atoms with Crippen molar-refractivity contribution in [3.63, 3.8) is 0 Å². The summed E-state index contributed by atoms with van der Waals surface area (Å²) in [6.45, 7) is 2.22. The number of sulfonamides is 1. The topological polar surface area (TPSA) is 116 Å². The Bertz CT molecular complexity index is 777. The fraction of sp³-hybridized carbons (Fsp3) is 0.556. The molecule has 1 aromatic carbocycles. The third-order valence-corrected chi connectivity index (χ3v) is 6.58. The second-order valence-electron chi connectivity index (χ2n) is 6.73. The molecule has 0 aliphatic carbocycles. The Kier molecular flexibility index (Phi) is 7.90. The molecular formula is C18H26FN3O5S. The van der Waals surface area contributed by atoms with Crippen LogP contribution in [0.3, 0.4) is 0 Å². The molecule has 8 nitrogen and oxygen atoms in total. The molecule has 3 N–H and O–H groups in total. The number of amides is 2. The van der Waals surface area contributed by atoms with Crippen LogP contribution in [0.1, 0.15) is 26.2 Å². The summed E-state index contributed by atoms with van der Waals surface area (Å²) in [4.78, 5) is 24.3. The molecule has 10 heteroatoms. The maximum absolute atomic E-state index is 13.0. The average molecular weight is 415 g/mol. The van der Waals surface area contributed by atoms with Crippen molar-refractivity contribution in [1.82, 2.24) is 14.9 Å². The zero-order valence-electron chi connectivity index (χ0n) is 15.7. The van der Waals surface area contributed by atoms with Crippen LogP contribution in [0.4, 0.5) is 4.39 Å². The smallest absolute Gasteiger partial charge is 0.243 e. The van der Waals surface area contributed by atoms with Crippen LogP contribution < -0.4 is 10.6 Å². The molecule has 156 valence electrons. The maximum Gasteiger partial charge on any atom is 0.243 e. The minimum atomic E-state index is -3.73. The molecule has 1 aliphatic rings. The number of aliphatic hydroxyl groups excluding tert-OH is 1. The van der Waals surface area contributed by atoms with Gasteiger partial charge in [0.05, 0.1) is 4.90 Å². The van der Waals surface area contributed by atoms with Crippen molar-refractivity contribution in [2.45, 2.75) is 37.1 Å². The minimum Gasteiger partial charge on any atom is -0.396 e. The fourth-order valence-electron chi connectivity index (χ4n) is 2.95. The molecule has 0 aromatic heterocycles. The number of rotatable bonds is 8. The van der Waals surface area contributed by atoms with Gasteiger partial charge in [-0.15, -0.1) is 0 Å². The van der Waals surface area contributed by atoms with E-state index in [9.17, 15) is 22.4 Å². The monoisotopic (exact) mass is 415 g/mol. The first-order valence-corrected chi connectivity index (χ1v) is 10.6. The zero-order chi connectivity index (χ0) is 20.7. The molecule has 1 saturated heterocycles. The molecule has 0 bridgehead atoms. The first-order chi connectivity index (χ1) is 13.3. The first-order valence-electron chi connectivity index (χ1n) is 9.20. The van der Waals surface area contributed by atoms with Gasteiger partial charge < -0.3 is 15.7 Å². The number of piperidine rings is 1. The second-order valence-corrected chi connectivity index (χ2v) is 8.67. The largest absolute Gasteiger partial charge is 0.396 e. The predicted molar refractivity (Wildman–Crippen MR) is 100 cm³/mol. The Morgan fingerprint density at radius 1 is 1.25 bits per heavy atom. The number of nitrogens with one attached hydrogen (secondary N) is 2. The summed E-state index contributed by atoms with van der Waals surface area (Å²) in [5, 5.41) is 14.0.